The molecule has 2 nitrogen and oxygen atoms in total. The maximum atomic E-state index is 2.54. The van der Waals surface area contributed by atoms with E-state index in [9.17, 15) is 0 Å². The van der Waals surface area contributed by atoms with Crippen LogP contribution in [-0.4, -0.2) is 49.1 Å². The summed E-state index contributed by atoms with van der Waals surface area (Å²) in [5.74, 6) is 0. The molecule has 2 heteroatoms. The summed E-state index contributed by atoms with van der Waals surface area (Å²) in [5.41, 5.74) is 0. The van der Waals surface area contributed by atoms with Crippen LogP contribution in [0.15, 0.2) is 72.8 Å². The molecule has 0 N–H and O–H groups in total. The first-order valence-electron chi connectivity index (χ1n) is 7.40. The Morgan fingerprint density at radius 3 is 0.550 bits per heavy atom. The number of nitrogens with zero attached hydrogens (tertiary/aromatic N) is 2. The molecular weight excluding hydrogens is 244 g/mol. The minimum absolute atomic E-state index is 1.32. The first kappa shape index (κ1) is 14.8. The maximum absolute atomic E-state index is 2.54. The van der Waals surface area contributed by atoms with Crippen molar-refractivity contribution in [2.75, 3.05) is 39.3 Å². The van der Waals surface area contributed by atoms with Crippen LogP contribution in [0.1, 0.15) is 0 Å². The van der Waals surface area contributed by atoms with Crippen molar-refractivity contribution in [3.05, 3.63) is 72.8 Å². The van der Waals surface area contributed by atoms with Crippen LogP contribution in [0.3, 0.4) is 0 Å². The van der Waals surface area contributed by atoms with Gasteiger partial charge in [0.25, 0.3) is 0 Å². The minimum Gasteiger partial charge on any atom is -0.300 e. The molecule has 0 amide bonds. The third kappa shape index (κ3) is 6.00. The van der Waals surface area contributed by atoms with E-state index in [1.54, 1.807) is 0 Å². The summed E-state index contributed by atoms with van der Waals surface area (Å²) in [6.45, 7) is 7.92. The van der Waals surface area contributed by atoms with Crippen LogP contribution in [0.5, 0.6) is 0 Å². The molecule has 0 saturated carbocycles. The zero-order valence-corrected chi connectivity index (χ0v) is 12.1. The van der Waals surface area contributed by atoms with Gasteiger partial charge in [-0.25, -0.2) is 0 Å². The van der Waals surface area contributed by atoms with Crippen molar-refractivity contribution in [3.8, 4) is 0 Å². The van der Waals surface area contributed by atoms with Gasteiger partial charge in [0.1, 0.15) is 0 Å². The molecule has 20 heavy (non-hydrogen) atoms. The van der Waals surface area contributed by atoms with Gasteiger partial charge in [0.05, 0.1) is 0 Å². The fourth-order valence-electron chi connectivity index (χ4n) is 2.29. The predicted molar refractivity (Wildman–Crippen MR) is 85.8 cm³/mol. The molecule has 0 spiro atoms. The highest BCUT2D eigenvalue weighted by molar-refractivity contribution is 4.99. The number of hydrogen-bond acceptors (Lipinski definition) is 2. The Balaban J connectivity index is 0.000000112. The lowest BCUT2D eigenvalue weighted by Crippen LogP contribution is -2.55. The Labute approximate surface area is 122 Å². The summed E-state index contributed by atoms with van der Waals surface area (Å²) >= 11 is 0. The van der Waals surface area contributed by atoms with Crippen molar-refractivity contribution in [3.63, 3.8) is 0 Å². The molecule has 3 heterocycles. The number of benzene rings is 2. The van der Waals surface area contributed by atoms with E-state index in [0.717, 1.165) is 0 Å². The standard InChI is InChI=1S/C6H12N2.2C6H6/c1-2-8-5-3-7(1)4-6-8;2*1-2-4-6-5-3-1/h1-6H2;2*1-6H. The van der Waals surface area contributed by atoms with E-state index in [4.69, 9.17) is 0 Å². The number of hydrogen-bond donors (Lipinski definition) is 0. The highest BCUT2D eigenvalue weighted by Gasteiger charge is 2.21. The van der Waals surface area contributed by atoms with E-state index < -0.39 is 0 Å². The van der Waals surface area contributed by atoms with E-state index in [0.29, 0.717) is 0 Å². The Bertz CT molecular complexity index is 314. The second kappa shape index (κ2) is 9.29. The largest absolute Gasteiger partial charge is 0.300 e. The van der Waals surface area contributed by atoms with E-state index in [1.165, 1.54) is 39.3 Å². The average molecular weight is 268 g/mol. The Hall–Kier alpha value is -1.64. The third-order valence-corrected chi connectivity index (χ3v) is 3.53. The lowest BCUT2D eigenvalue weighted by Gasteiger charge is -2.41. The number of piperazine rings is 3. The quantitative estimate of drug-likeness (QED) is 0.725. The van der Waals surface area contributed by atoms with Gasteiger partial charge in [-0.1, -0.05) is 72.8 Å². The molecule has 106 valence electrons. The molecular formula is C18H24N2. The summed E-state index contributed by atoms with van der Waals surface area (Å²) < 4.78 is 0. The fourth-order valence-corrected chi connectivity index (χ4v) is 2.29. The van der Waals surface area contributed by atoms with Crippen LogP contribution in [0.4, 0.5) is 0 Å². The van der Waals surface area contributed by atoms with Gasteiger partial charge in [-0.05, 0) is 0 Å². The molecule has 0 aliphatic carbocycles. The molecule has 0 atom stereocenters. The fraction of sp³-hybridized carbons (Fsp3) is 0.333. The van der Waals surface area contributed by atoms with Crippen LogP contribution in [0.25, 0.3) is 0 Å². The molecule has 0 radical (unpaired) electrons. The molecule has 3 fully saturated rings. The van der Waals surface area contributed by atoms with Crippen molar-refractivity contribution in [1.29, 1.82) is 0 Å². The van der Waals surface area contributed by atoms with Gasteiger partial charge in [-0.15, -0.1) is 0 Å². The first-order chi connectivity index (χ1) is 9.95. The molecule has 2 bridgehead atoms. The van der Waals surface area contributed by atoms with Crippen molar-refractivity contribution in [2.45, 2.75) is 0 Å². The Morgan fingerprint density at radius 2 is 0.450 bits per heavy atom. The highest BCUT2D eigenvalue weighted by atomic mass is 15.3. The van der Waals surface area contributed by atoms with Crippen molar-refractivity contribution < 1.29 is 0 Å². The average Bonchev–Trinajstić information content (AvgIpc) is 2.61. The molecule has 3 aliphatic heterocycles. The molecule has 3 saturated heterocycles. The zero-order chi connectivity index (χ0) is 13.9. The first-order valence-corrected chi connectivity index (χ1v) is 7.40. The SMILES string of the molecule is C1CN2CCN1CC2.c1ccccc1.c1ccccc1. The molecule has 2 aromatic carbocycles. The molecule has 0 unspecified atom stereocenters. The molecule has 3 aliphatic rings. The third-order valence-electron chi connectivity index (χ3n) is 3.53. The van der Waals surface area contributed by atoms with Gasteiger partial charge in [0.2, 0.25) is 0 Å². The predicted octanol–water partition coefficient (Wildman–Crippen LogP) is 2.99. The van der Waals surface area contributed by atoms with E-state index in [-0.39, 0.29) is 0 Å². The van der Waals surface area contributed by atoms with Crippen molar-refractivity contribution in [2.24, 2.45) is 0 Å². The second-order valence-electron chi connectivity index (χ2n) is 4.99. The molecule has 5 rings (SSSR count). The van der Waals surface area contributed by atoms with Crippen LogP contribution < -0.4 is 0 Å². The van der Waals surface area contributed by atoms with Crippen LogP contribution in [-0.2, 0) is 0 Å². The van der Waals surface area contributed by atoms with Gasteiger partial charge in [0.15, 0.2) is 0 Å². The Morgan fingerprint density at radius 1 is 0.300 bits per heavy atom. The monoisotopic (exact) mass is 268 g/mol. The lowest BCUT2D eigenvalue weighted by atomic mass is 10.2. The van der Waals surface area contributed by atoms with Gasteiger partial charge >= 0.3 is 0 Å². The van der Waals surface area contributed by atoms with Gasteiger partial charge in [0, 0.05) is 39.3 Å². The molecule has 0 aromatic heterocycles. The normalized spacial score (nSPS) is 22.8. The number of fused-ring (bicyclic) bond motifs is 3. The summed E-state index contributed by atoms with van der Waals surface area (Å²) in [5, 5.41) is 0. The van der Waals surface area contributed by atoms with Crippen molar-refractivity contribution in [1.82, 2.24) is 9.80 Å². The van der Waals surface area contributed by atoms with Gasteiger partial charge in [-0.2, -0.15) is 0 Å². The summed E-state index contributed by atoms with van der Waals surface area (Å²) in [6, 6.07) is 24.0. The summed E-state index contributed by atoms with van der Waals surface area (Å²) in [6.07, 6.45) is 0. The number of rotatable bonds is 0. The van der Waals surface area contributed by atoms with Crippen molar-refractivity contribution >= 4 is 0 Å². The smallest absolute Gasteiger partial charge is 0.0110 e. The zero-order valence-electron chi connectivity index (χ0n) is 12.1. The van der Waals surface area contributed by atoms with Gasteiger partial charge in [-0.3, -0.25) is 9.80 Å². The van der Waals surface area contributed by atoms with Crippen LogP contribution in [0, 0.1) is 0 Å². The molecule has 2 aromatic rings. The van der Waals surface area contributed by atoms with Crippen LogP contribution >= 0.6 is 0 Å². The Kier molecular flexibility index (Phi) is 6.86. The summed E-state index contributed by atoms with van der Waals surface area (Å²) in [7, 11) is 0. The van der Waals surface area contributed by atoms with E-state index >= 15 is 0 Å². The highest BCUT2D eigenvalue weighted by Crippen LogP contribution is 2.06. The summed E-state index contributed by atoms with van der Waals surface area (Å²) in [4.78, 5) is 5.08. The second-order valence-corrected chi connectivity index (χ2v) is 4.99. The van der Waals surface area contributed by atoms with Gasteiger partial charge < -0.3 is 0 Å². The van der Waals surface area contributed by atoms with E-state index in [2.05, 4.69) is 9.80 Å². The minimum atomic E-state index is 1.32. The topological polar surface area (TPSA) is 6.48 Å². The maximum Gasteiger partial charge on any atom is 0.0110 e. The lowest BCUT2D eigenvalue weighted by molar-refractivity contribution is 0.0647. The van der Waals surface area contributed by atoms with E-state index in [1.807, 2.05) is 72.8 Å². The van der Waals surface area contributed by atoms with Crippen LogP contribution in [0.2, 0.25) is 0 Å².